The molecule has 0 saturated carbocycles. The number of ether oxygens (including phenoxy) is 2. The van der Waals surface area contributed by atoms with E-state index < -0.39 is 0 Å². The minimum atomic E-state index is 0.0617. The Bertz CT molecular complexity index is 1320. The van der Waals surface area contributed by atoms with Crippen molar-refractivity contribution in [2.45, 2.75) is 31.6 Å². The van der Waals surface area contributed by atoms with Crippen LogP contribution in [0, 0.1) is 5.92 Å². The van der Waals surface area contributed by atoms with Crippen LogP contribution in [0.15, 0.2) is 42.6 Å². The van der Waals surface area contributed by atoms with E-state index in [4.69, 9.17) is 32.7 Å². The lowest BCUT2D eigenvalue weighted by molar-refractivity contribution is -0.127. The number of carbonyl (C=O) groups excluding carboxylic acids is 1. The molecule has 1 N–H and O–H groups in total. The fourth-order valence-electron chi connectivity index (χ4n) is 5.89. The molecule has 0 bridgehead atoms. The number of H-pyrrole nitrogens is 1. The van der Waals surface area contributed by atoms with Crippen molar-refractivity contribution in [3.05, 3.63) is 63.8 Å². The molecule has 0 unspecified atom stereocenters. The predicted molar refractivity (Wildman–Crippen MR) is 148 cm³/mol. The molecule has 0 aliphatic carbocycles. The smallest absolute Gasteiger partial charge is 0.246 e. The van der Waals surface area contributed by atoms with Crippen molar-refractivity contribution in [2.75, 3.05) is 39.5 Å². The van der Waals surface area contributed by atoms with Gasteiger partial charge in [0.25, 0.3) is 0 Å². The fraction of sp³-hybridized carbons (Fsp3) is 0.414. The second kappa shape index (κ2) is 10.6. The first kappa shape index (κ1) is 24.7. The Morgan fingerprint density at radius 3 is 2.49 bits per heavy atom. The molecule has 3 aliphatic heterocycles. The second-order valence-corrected chi connectivity index (χ2v) is 11.2. The maximum absolute atomic E-state index is 12.7. The van der Waals surface area contributed by atoms with Gasteiger partial charge in [0.05, 0.1) is 10.0 Å². The summed E-state index contributed by atoms with van der Waals surface area (Å²) in [6.07, 6.45) is 10.1. The summed E-state index contributed by atoms with van der Waals surface area (Å²) in [5.41, 5.74) is 3.39. The number of piperidine rings is 2. The van der Waals surface area contributed by atoms with Crippen LogP contribution >= 0.6 is 23.2 Å². The van der Waals surface area contributed by atoms with Crippen LogP contribution in [0.25, 0.3) is 17.0 Å². The van der Waals surface area contributed by atoms with Gasteiger partial charge in [-0.05, 0) is 86.0 Å². The van der Waals surface area contributed by atoms with E-state index >= 15 is 0 Å². The molecule has 0 atom stereocenters. The number of nitrogens with zero attached hydrogens (tertiary/aromatic N) is 2. The monoisotopic (exact) mass is 539 g/mol. The number of nitrogens with one attached hydrogen (secondary N) is 1. The third-order valence-corrected chi connectivity index (χ3v) is 8.78. The van der Waals surface area contributed by atoms with E-state index in [1.807, 2.05) is 17.0 Å². The zero-order valence-electron chi connectivity index (χ0n) is 20.7. The van der Waals surface area contributed by atoms with E-state index in [-0.39, 0.29) is 5.91 Å². The van der Waals surface area contributed by atoms with Crippen LogP contribution < -0.4 is 9.47 Å². The zero-order chi connectivity index (χ0) is 25.4. The maximum Gasteiger partial charge on any atom is 0.246 e. The number of rotatable bonds is 5. The molecule has 2 saturated heterocycles. The van der Waals surface area contributed by atoms with Crippen LogP contribution in [0.2, 0.25) is 10.0 Å². The van der Waals surface area contributed by atoms with Crippen molar-refractivity contribution >= 4 is 46.1 Å². The number of carbonyl (C=O) groups is 1. The zero-order valence-corrected chi connectivity index (χ0v) is 22.2. The van der Waals surface area contributed by atoms with E-state index in [2.05, 4.69) is 28.2 Å². The van der Waals surface area contributed by atoms with E-state index in [1.165, 1.54) is 10.9 Å². The average molecular weight is 540 g/mol. The molecule has 194 valence electrons. The van der Waals surface area contributed by atoms with Gasteiger partial charge in [-0.3, -0.25) is 4.79 Å². The Labute approximate surface area is 227 Å². The first-order valence-corrected chi connectivity index (χ1v) is 13.8. The standard InChI is InChI=1S/C29H31Cl2N3O3/c30-24-3-1-19(13-25(24)31)2-4-29(35)34-11-5-20(6-12-34)17-33-9-7-21(8-10-33)23-16-32-26-15-28-27(14-22(23)26)36-18-37-28/h1-4,13-16,20-21,32H,5-12,17-18H2/b4-2+. The van der Waals surface area contributed by atoms with E-state index in [0.29, 0.717) is 28.7 Å². The third kappa shape index (κ3) is 5.33. The molecule has 37 heavy (non-hydrogen) atoms. The molecular weight excluding hydrogens is 509 g/mol. The van der Waals surface area contributed by atoms with Crippen molar-refractivity contribution < 1.29 is 14.3 Å². The highest BCUT2D eigenvalue weighted by Crippen LogP contribution is 2.40. The SMILES string of the molecule is O=C(/C=C/c1ccc(Cl)c(Cl)c1)N1CCC(CN2CCC(c3c[nH]c4cc5c(cc34)OCO5)CC2)CC1. The first-order valence-electron chi connectivity index (χ1n) is 13.1. The van der Waals surface area contributed by atoms with Crippen LogP contribution in [0.1, 0.15) is 42.7 Å². The summed E-state index contributed by atoms with van der Waals surface area (Å²) in [5, 5.41) is 2.27. The summed E-state index contributed by atoms with van der Waals surface area (Å²) in [4.78, 5) is 20.7. The van der Waals surface area contributed by atoms with E-state index in [9.17, 15) is 4.79 Å². The Kier molecular flexibility index (Phi) is 7.06. The van der Waals surface area contributed by atoms with Crippen LogP contribution in [-0.4, -0.2) is 60.2 Å². The number of aromatic nitrogens is 1. The van der Waals surface area contributed by atoms with Crippen molar-refractivity contribution in [3.8, 4) is 11.5 Å². The van der Waals surface area contributed by atoms with Gasteiger partial charge < -0.3 is 24.3 Å². The molecular formula is C29H31Cl2N3O3. The number of benzene rings is 2. The predicted octanol–water partition coefficient (Wildman–Crippen LogP) is 6.33. The lowest BCUT2D eigenvalue weighted by Gasteiger charge is -2.37. The number of aromatic amines is 1. The van der Waals surface area contributed by atoms with E-state index in [1.54, 1.807) is 18.2 Å². The normalized spacial score (nSPS) is 19.4. The van der Waals surface area contributed by atoms with Crippen LogP contribution in [-0.2, 0) is 4.79 Å². The van der Waals surface area contributed by atoms with Crippen molar-refractivity contribution in [2.24, 2.45) is 5.92 Å². The molecule has 0 radical (unpaired) electrons. The highest BCUT2D eigenvalue weighted by Gasteiger charge is 2.28. The molecule has 8 heteroatoms. The van der Waals surface area contributed by atoms with Crippen molar-refractivity contribution in [1.82, 2.24) is 14.8 Å². The number of hydrogen-bond acceptors (Lipinski definition) is 4. The minimum Gasteiger partial charge on any atom is -0.454 e. The molecule has 1 amide bonds. The van der Waals surface area contributed by atoms with E-state index in [0.717, 1.165) is 81.0 Å². The molecule has 6 rings (SSSR count). The van der Waals surface area contributed by atoms with Gasteiger partial charge in [-0.1, -0.05) is 29.3 Å². The largest absolute Gasteiger partial charge is 0.454 e. The molecule has 3 aliphatic rings. The van der Waals surface area contributed by atoms with Gasteiger partial charge in [0.2, 0.25) is 12.7 Å². The highest BCUT2D eigenvalue weighted by atomic mass is 35.5. The lowest BCUT2D eigenvalue weighted by atomic mass is 9.88. The number of likely N-dealkylation sites (tertiary alicyclic amines) is 2. The molecule has 2 aromatic carbocycles. The first-order chi connectivity index (χ1) is 18.0. The number of amides is 1. The molecule has 4 heterocycles. The van der Waals surface area contributed by atoms with Crippen LogP contribution in [0.5, 0.6) is 11.5 Å². The highest BCUT2D eigenvalue weighted by molar-refractivity contribution is 6.42. The van der Waals surface area contributed by atoms with Gasteiger partial charge in [0.1, 0.15) is 0 Å². The summed E-state index contributed by atoms with van der Waals surface area (Å²) < 4.78 is 11.1. The van der Waals surface area contributed by atoms with Gasteiger partial charge in [0.15, 0.2) is 11.5 Å². The molecule has 0 spiro atoms. The molecule has 1 aromatic heterocycles. The lowest BCUT2D eigenvalue weighted by Crippen LogP contribution is -2.42. The number of halogens is 2. The molecule has 2 fully saturated rings. The quantitative estimate of drug-likeness (QED) is 0.384. The van der Waals surface area contributed by atoms with Gasteiger partial charge in [-0.25, -0.2) is 0 Å². The van der Waals surface area contributed by atoms with Gasteiger partial charge >= 0.3 is 0 Å². The third-order valence-electron chi connectivity index (χ3n) is 8.04. The number of fused-ring (bicyclic) bond motifs is 2. The fourth-order valence-corrected chi connectivity index (χ4v) is 6.19. The van der Waals surface area contributed by atoms with Gasteiger partial charge in [0, 0.05) is 48.9 Å². The van der Waals surface area contributed by atoms with Crippen LogP contribution in [0.4, 0.5) is 0 Å². The summed E-state index contributed by atoms with van der Waals surface area (Å²) in [6.45, 7) is 5.30. The Balaban J connectivity index is 0.974. The van der Waals surface area contributed by atoms with Gasteiger partial charge in [-0.2, -0.15) is 0 Å². The Hall–Kier alpha value is -2.67. The molecule has 6 nitrogen and oxygen atoms in total. The van der Waals surface area contributed by atoms with Crippen LogP contribution in [0.3, 0.4) is 0 Å². The van der Waals surface area contributed by atoms with Crippen molar-refractivity contribution in [3.63, 3.8) is 0 Å². The maximum atomic E-state index is 12.7. The van der Waals surface area contributed by atoms with Crippen molar-refractivity contribution in [1.29, 1.82) is 0 Å². The van der Waals surface area contributed by atoms with Gasteiger partial charge in [-0.15, -0.1) is 0 Å². The minimum absolute atomic E-state index is 0.0617. The summed E-state index contributed by atoms with van der Waals surface area (Å²) >= 11 is 12.0. The summed E-state index contributed by atoms with van der Waals surface area (Å²) in [6, 6.07) is 9.57. The summed E-state index contributed by atoms with van der Waals surface area (Å²) in [5.74, 6) is 2.94. The second-order valence-electron chi connectivity index (χ2n) is 10.3. The summed E-state index contributed by atoms with van der Waals surface area (Å²) in [7, 11) is 0. The Morgan fingerprint density at radius 2 is 1.73 bits per heavy atom. The Morgan fingerprint density at radius 1 is 0.973 bits per heavy atom. The molecule has 3 aromatic rings. The number of hydrogen-bond donors (Lipinski definition) is 1. The topological polar surface area (TPSA) is 57.8 Å². The average Bonchev–Trinajstić information content (AvgIpc) is 3.55.